The number of anilines is 1. The van der Waals surface area contributed by atoms with Gasteiger partial charge < -0.3 is 15.2 Å². The van der Waals surface area contributed by atoms with Gasteiger partial charge in [-0.25, -0.2) is 9.69 Å². The number of hydrogen-bond acceptors (Lipinski definition) is 3. The van der Waals surface area contributed by atoms with E-state index in [1.165, 1.54) is 4.90 Å². The summed E-state index contributed by atoms with van der Waals surface area (Å²) >= 11 is 0. The van der Waals surface area contributed by atoms with Crippen LogP contribution in [0.1, 0.15) is 40.1 Å². The van der Waals surface area contributed by atoms with Crippen molar-refractivity contribution in [1.82, 2.24) is 15.2 Å². The molecule has 7 nitrogen and oxygen atoms in total. The van der Waals surface area contributed by atoms with Crippen molar-refractivity contribution in [2.24, 2.45) is 0 Å². The molecule has 2 N–H and O–H groups in total. The molecule has 4 aromatic rings. The highest BCUT2D eigenvalue weighted by Crippen LogP contribution is 2.42. The third-order valence-corrected chi connectivity index (χ3v) is 7.26. The lowest BCUT2D eigenvalue weighted by Crippen LogP contribution is -2.42. The van der Waals surface area contributed by atoms with Crippen LogP contribution in [0.15, 0.2) is 78.9 Å². The summed E-state index contributed by atoms with van der Waals surface area (Å²) in [6.07, 6.45) is 1.13. The van der Waals surface area contributed by atoms with Crippen molar-refractivity contribution in [2.45, 2.75) is 31.8 Å². The van der Waals surface area contributed by atoms with Crippen LogP contribution in [0.5, 0.6) is 0 Å². The standard InChI is InChI=1S/C29H26N4O3/c1-18-26-22(20-11-5-7-13-23(20)31-26)17-25-28(35)33(29(36)32(18)25)24-14-8-6-12-21(24)27(34)30-16-15-19-9-3-2-4-10-19/h2-14,18,25,31H,15-17H2,1H3,(H,30,34)/t18-,25-/m0/s1. The normalized spacial score (nSPS) is 18.9. The van der Waals surface area contributed by atoms with Crippen LogP contribution >= 0.6 is 0 Å². The van der Waals surface area contributed by atoms with Crippen LogP contribution in [0.2, 0.25) is 0 Å². The maximum atomic E-state index is 13.7. The Labute approximate surface area is 208 Å². The lowest BCUT2D eigenvalue weighted by atomic mass is 9.93. The first kappa shape index (κ1) is 22.1. The molecule has 2 aliphatic rings. The Balaban J connectivity index is 1.27. The molecule has 0 spiro atoms. The number of hydrogen-bond donors (Lipinski definition) is 2. The van der Waals surface area contributed by atoms with Gasteiger partial charge in [-0.15, -0.1) is 0 Å². The Hall–Kier alpha value is -4.39. The fourth-order valence-corrected chi connectivity index (χ4v) is 5.50. The minimum Gasteiger partial charge on any atom is -0.356 e. The maximum absolute atomic E-state index is 13.7. The molecule has 36 heavy (non-hydrogen) atoms. The monoisotopic (exact) mass is 478 g/mol. The molecular weight excluding hydrogens is 452 g/mol. The summed E-state index contributed by atoms with van der Waals surface area (Å²) in [6.45, 7) is 2.39. The van der Waals surface area contributed by atoms with E-state index < -0.39 is 12.1 Å². The van der Waals surface area contributed by atoms with Gasteiger partial charge in [-0.1, -0.05) is 60.7 Å². The Morgan fingerprint density at radius 1 is 0.972 bits per heavy atom. The van der Waals surface area contributed by atoms with Crippen LogP contribution < -0.4 is 10.2 Å². The van der Waals surface area contributed by atoms with Crippen LogP contribution in [0.3, 0.4) is 0 Å². The van der Waals surface area contributed by atoms with Crippen molar-refractivity contribution in [3.8, 4) is 0 Å². The summed E-state index contributed by atoms with van der Waals surface area (Å²) < 4.78 is 0. The smallest absolute Gasteiger partial charge is 0.332 e. The first-order chi connectivity index (χ1) is 17.5. The molecule has 0 bridgehead atoms. The Kier molecular flexibility index (Phi) is 5.33. The molecule has 2 aliphatic heterocycles. The number of aromatic amines is 1. The van der Waals surface area contributed by atoms with Gasteiger partial charge in [0.25, 0.3) is 11.8 Å². The molecule has 1 fully saturated rings. The zero-order chi connectivity index (χ0) is 24.8. The highest BCUT2D eigenvalue weighted by atomic mass is 16.2. The molecule has 2 atom stereocenters. The van der Waals surface area contributed by atoms with Crippen molar-refractivity contribution < 1.29 is 14.4 Å². The van der Waals surface area contributed by atoms with E-state index in [0.717, 1.165) is 27.7 Å². The van der Waals surface area contributed by atoms with Gasteiger partial charge >= 0.3 is 6.03 Å². The van der Waals surface area contributed by atoms with E-state index in [1.54, 1.807) is 29.2 Å². The third-order valence-electron chi connectivity index (χ3n) is 7.26. The van der Waals surface area contributed by atoms with E-state index >= 15 is 0 Å². The van der Waals surface area contributed by atoms with Gasteiger partial charge in [-0.3, -0.25) is 9.59 Å². The van der Waals surface area contributed by atoms with E-state index in [2.05, 4.69) is 10.3 Å². The number of carbonyl (C=O) groups is 3. The Morgan fingerprint density at radius 3 is 2.53 bits per heavy atom. The lowest BCUT2D eigenvalue weighted by molar-refractivity contribution is -0.120. The summed E-state index contributed by atoms with van der Waals surface area (Å²) in [5, 5.41) is 4.02. The van der Waals surface area contributed by atoms with Gasteiger partial charge in [0.15, 0.2) is 0 Å². The molecule has 6 rings (SSSR count). The number of H-pyrrole nitrogens is 1. The van der Waals surface area contributed by atoms with Crippen LogP contribution in [-0.2, 0) is 17.6 Å². The van der Waals surface area contributed by atoms with Crippen LogP contribution in [0.4, 0.5) is 10.5 Å². The van der Waals surface area contributed by atoms with E-state index in [1.807, 2.05) is 61.5 Å². The average Bonchev–Trinajstić information content (AvgIpc) is 3.40. The summed E-state index contributed by atoms with van der Waals surface area (Å²) in [4.78, 5) is 46.7. The molecular formula is C29H26N4O3. The second kappa shape index (κ2) is 8.68. The van der Waals surface area contributed by atoms with Crippen molar-refractivity contribution in [2.75, 3.05) is 11.4 Å². The van der Waals surface area contributed by atoms with Gasteiger partial charge in [0.05, 0.1) is 17.3 Å². The predicted octanol–water partition coefficient (Wildman–Crippen LogP) is 4.59. The van der Waals surface area contributed by atoms with Crippen molar-refractivity contribution >= 4 is 34.4 Å². The first-order valence-corrected chi connectivity index (χ1v) is 12.2. The Bertz CT molecular complexity index is 1490. The lowest BCUT2D eigenvalue weighted by Gasteiger charge is -2.33. The highest BCUT2D eigenvalue weighted by Gasteiger charge is 2.52. The summed E-state index contributed by atoms with van der Waals surface area (Å²) in [7, 11) is 0. The number of benzene rings is 3. The summed E-state index contributed by atoms with van der Waals surface area (Å²) in [5.74, 6) is -0.608. The van der Waals surface area contributed by atoms with E-state index in [-0.39, 0.29) is 17.9 Å². The maximum Gasteiger partial charge on any atom is 0.332 e. The number of nitrogens with zero attached hydrogens (tertiary/aromatic N) is 2. The van der Waals surface area contributed by atoms with Gasteiger partial charge in [0.2, 0.25) is 0 Å². The van der Waals surface area contributed by atoms with Crippen molar-refractivity contribution in [3.05, 3.63) is 101 Å². The SMILES string of the molecule is C[C@H]1c2[nH]c3ccccc3c2C[C@H]2C(=O)N(c3ccccc3C(=O)NCCc3ccccc3)C(=O)N21. The molecule has 1 aromatic heterocycles. The van der Waals surface area contributed by atoms with Crippen molar-refractivity contribution in [3.63, 3.8) is 0 Å². The number of imide groups is 1. The van der Waals surface area contributed by atoms with Crippen LogP contribution in [0, 0.1) is 0 Å². The largest absolute Gasteiger partial charge is 0.356 e. The summed E-state index contributed by atoms with van der Waals surface area (Å²) in [6, 6.07) is 23.4. The summed E-state index contributed by atoms with van der Waals surface area (Å²) in [5.41, 5.74) is 4.79. The second-order valence-corrected chi connectivity index (χ2v) is 9.33. The number of carbonyl (C=O) groups excluding carboxylic acids is 3. The van der Waals surface area contributed by atoms with E-state index in [4.69, 9.17) is 0 Å². The first-order valence-electron chi connectivity index (χ1n) is 12.2. The molecule has 0 aliphatic carbocycles. The zero-order valence-corrected chi connectivity index (χ0v) is 19.9. The molecule has 3 aromatic carbocycles. The molecule has 3 heterocycles. The topological polar surface area (TPSA) is 85.5 Å². The van der Waals surface area contributed by atoms with E-state index in [0.29, 0.717) is 30.6 Å². The Morgan fingerprint density at radius 2 is 1.69 bits per heavy atom. The third kappa shape index (κ3) is 3.47. The number of amides is 4. The average molecular weight is 479 g/mol. The van der Waals surface area contributed by atoms with Gasteiger partial charge in [0, 0.05) is 29.6 Å². The highest BCUT2D eigenvalue weighted by molar-refractivity contribution is 6.24. The van der Waals surface area contributed by atoms with E-state index in [9.17, 15) is 14.4 Å². The number of nitrogens with one attached hydrogen (secondary N) is 2. The molecule has 0 radical (unpaired) electrons. The zero-order valence-electron chi connectivity index (χ0n) is 19.9. The number of aromatic nitrogens is 1. The molecule has 4 amide bonds. The van der Waals surface area contributed by atoms with Gasteiger partial charge in [0.1, 0.15) is 6.04 Å². The predicted molar refractivity (Wildman–Crippen MR) is 138 cm³/mol. The number of para-hydroxylation sites is 2. The molecule has 0 unspecified atom stereocenters. The van der Waals surface area contributed by atoms with Gasteiger partial charge in [-0.2, -0.15) is 0 Å². The van der Waals surface area contributed by atoms with Crippen molar-refractivity contribution in [1.29, 1.82) is 0 Å². The molecule has 7 heteroatoms. The van der Waals surface area contributed by atoms with Crippen LogP contribution in [-0.4, -0.2) is 40.3 Å². The minimum absolute atomic E-state index is 0.292. The molecule has 180 valence electrons. The van der Waals surface area contributed by atoms with Gasteiger partial charge in [-0.05, 0) is 42.7 Å². The fraction of sp³-hybridized carbons (Fsp3) is 0.207. The minimum atomic E-state index is -0.603. The number of fused-ring (bicyclic) bond motifs is 4. The quantitative estimate of drug-likeness (QED) is 0.411. The molecule has 0 saturated carbocycles. The second-order valence-electron chi connectivity index (χ2n) is 9.33. The number of rotatable bonds is 5. The fourth-order valence-electron chi connectivity index (χ4n) is 5.50. The van der Waals surface area contributed by atoms with Crippen LogP contribution in [0.25, 0.3) is 10.9 Å². The number of urea groups is 1. The molecule has 1 saturated heterocycles.